The van der Waals surface area contributed by atoms with Gasteiger partial charge in [0.05, 0.1) is 41.8 Å². The third-order valence-electron chi connectivity index (χ3n) is 2.97. The van der Waals surface area contributed by atoms with E-state index in [1.807, 2.05) is 0 Å². The third kappa shape index (κ3) is 8.08. The van der Waals surface area contributed by atoms with Crippen molar-refractivity contribution in [2.24, 2.45) is 5.92 Å². The molecule has 0 bridgehead atoms. The van der Waals surface area contributed by atoms with Crippen LogP contribution in [0.4, 0.5) is 0 Å². The van der Waals surface area contributed by atoms with Crippen molar-refractivity contribution in [1.29, 1.82) is 0 Å². The van der Waals surface area contributed by atoms with Gasteiger partial charge in [-0.25, -0.2) is 0 Å². The summed E-state index contributed by atoms with van der Waals surface area (Å²) < 4.78 is 1.74. The Morgan fingerprint density at radius 2 is 1.44 bits per heavy atom. The van der Waals surface area contributed by atoms with Gasteiger partial charge < -0.3 is 14.1 Å². The van der Waals surface area contributed by atoms with Gasteiger partial charge in [-0.3, -0.25) is 0 Å². The molecule has 0 aliphatic heterocycles. The molecule has 0 aliphatic carbocycles. The van der Waals surface area contributed by atoms with E-state index in [0.29, 0.717) is 0 Å². The molecule has 1 N–H and O–H groups in total. The van der Waals surface area contributed by atoms with Gasteiger partial charge in [-0.15, -0.1) is 0 Å². The van der Waals surface area contributed by atoms with E-state index in [0.717, 1.165) is 34.5 Å². The molecular weight excluding hydrogens is 200 g/mol. The van der Waals surface area contributed by atoms with Crippen LogP contribution in [0.5, 0.6) is 0 Å². The fourth-order valence-corrected chi connectivity index (χ4v) is 2.31. The normalized spacial score (nSPS) is 17.2. The number of aliphatic hydroxyl groups excluding tert-OH is 1. The van der Waals surface area contributed by atoms with Crippen LogP contribution in [-0.4, -0.2) is 75.0 Å². The molecule has 0 rings (SSSR count). The topological polar surface area (TPSA) is 20.2 Å². The summed E-state index contributed by atoms with van der Waals surface area (Å²) in [5.41, 5.74) is 0. The second kappa shape index (κ2) is 5.99. The predicted octanol–water partition coefficient (Wildman–Crippen LogP) is 1.18. The molecule has 0 aliphatic rings. The molecule has 0 spiro atoms. The number of aliphatic hydroxyl groups is 1. The number of likely N-dealkylation sites (N-methyl/N-ethyl adjacent to an activating group) is 2. The highest BCUT2D eigenvalue weighted by atomic mass is 16.3. The fourth-order valence-electron chi connectivity index (χ4n) is 2.31. The van der Waals surface area contributed by atoms with E-state index in [2.05, 4.69) is 49.1 Å². The molecule has 0 heterocycles. The van der Waals surface area contributed by atoms with E-state index in [4.69, 9.17) is 0 Å². The van der Waals surface area contributed by atoms with Gasteiger partial charge in [0.15, 0.2) is 6.10 Å². The summed E-state index contributed by atoms with van der Waals surface area (Å²) in [6, 6.07) is 0. The number of hydrogen-bond donors (Lipinski definition) is 1. The van der Waals surface area contributed by atoms with E-state index in [1.165, 1.54) is 6.42 Å². The summed E-state index contributed by atoms with van der Waals surface area (Å²) in [5.74, 6) is 0.728. The van der Waals surface area contributed by atoms with E-state index < -0.39 is 0 Å². The van der Waals surface area contributed by atoms with Crippen LogP contribution in [0.3, 0.4) is 0 Å². The van der Waals surface area contributed by atoms with Crippen LogP contribution in [0, 0.1) is 5.92 Å². The molecule has 16 heavy (non-hydrogen) atoms. The van der Waals surface area contributed by atoms with Crippen molar-refractivity contribution in [3.8, 4) is 0 Å². The first-order chi connectivity index (χ1) is 7.06. The lowest BCUT2D eigenvalue weighted by atomic mass is 10.1. The Kier molecular flexibility index (Phi) is 5.94. The highest BCUT2D eigenvalue weighted by Gasteiger charge is 2.26. The number of rotatable bonds is 7. The van der Waals surface area contributed by atoms with Crippen LogP contribution < -0.4 is 0 Å². The zero-order chi connectivity index (χ0) is 13.0. The molecule has 0 saturated heterocycles. The summed E-state index contributed by atoms with van der Waals surface area (Å²) >= 11 is 0. The quantitative estimate of drug-likeness (QED) is 0.654. The van der Waals surface area contributed by atoms with Crippen LogP contribution in [0.25, 0.3) is 0 Å². The van der Waals surface area contributed by atoms with E-state index in [9.17, 15) is 5.11 Å². The Balaban J connectivity index is 4.14. The second-order valence-electron chi connectivity index (χ2n) is 6.94. The maximum absolute atomic E-state index is 10.1. The molecule has 0 radical (unpaired) electrons. The summed E-state index contributed by atoms with van der Waals surface area (Å²) in [7, 11) is 10.8. The molecule has 3 nitrogen and oxygen atoms in total. The Labute approximate surface area is 102 Å². The number of quaternary nitrogens is 2. The van der Waals surface area contributed by atoms with E-state index >= 15 is 0 Å². The van der Waals surface area contributed by atoms with Crippen LogP contribution in [0.2, 0.25) is 0 Å². The van der Waals surface area contributed by atoms with Crippen molar-refractivity contribution in [3.05, 3.63) is 0 Å². The van der Waals surface area contributed by atoms with Crippen LogP contribution in [0.15, 0.2) is 0 Å². The number of hydrogen-bond acceptors (Lipinski definition) is 1. The molecule has 0 saturated carbocycles. The first-order valence-electron chi connectivity index (χ1n) is 6.36. The molecule has 0 aromatic rings. The third-order valence-corrected chi connectivity index (χ3v) is 2.97. The Morgan fingerprint density at radius 1 is 0.938 bits per heavy atom. The van der Waals surface area contributed by atoms with Crippen molar-refractivity contribution in [2.75, 3.05) is 54.9 Å². The van der Waals surface area contributed by atoms with Crippen LogP contribution in [-0.2, 0) is 0 Å². The van der Waals surface area contributed by atoms with Gasteiger partial charge in [-0.2, -0.15) is 0 Å². The first kappa shape index (κ1) is 15.9. The van der Waals surface area contributed by atoms with Gasteiger partial charge in [-0.1, -0.05) is 13.8 Å². The average Bonchev–Trinajstić information content (AvgIpc) is 1.97. The molecule has 3 heteroatoms. The van der Waals surface area contributed by atoms with Gasteiger partial charge in [-0.05, 0) is 6.42 Å². The summed E-state index contributed by atoms with van der Waals surface area (Å²) in [5, 5.41) is 10.1. The van der Waals surface area contributed by atoms with E-state index in [1.54, 1.807) is 0 Å². The van der Waals surface area contributed by atoms with Gasteiger partial charge in [0.2, 0.25) is 0 Å². The van der Waals surface area contributed by atoms with Crippen molar-refractivity contribution < 1.29 is 14.1 Å². The maximum atomic E-state index is 10.1. The van der Waals surface area contributed by atoms with E-state index in [-0.39, 0.29) is 6.10 Å². The predicted molar refractivity (Wildman–Crippen MR) is 70.2 cm³/mol. The Morgan fingerprint density at radius 3 is 1.81 bits per heavy atom. The Hall–Kier alpha value is -0.120. The first-order valence-corrected chi connectivity index (χ1v) is 6.36. The molecular formula is C13H32N2O+2. The maximum Gasteiger partial charge on any atom is 0.152 e. The minimum Gasteiger partial charge on any atom is -0.382 e. The van der Waals surface area contributed by atoms with Crippen molar-refractivity contribution in [1.82, 2.24) is 0 Å². The molecule has 0 amide bonds. The monoisotopic (exact) mass is 232 g/mol. The lowest BCUT2D eigenvalue weighted by Crippen LogP contribution is -2.52. The zero-order valence-electron chi connectivity index (χ0n) is 12.3. The Bertz CT molecular complexity index is 197. The minimum absolute atomic E-state index is 0.209. The largest absolute Gasteiger partial charge is 0.382 e. The molecule has 0 fully saturated rings. The van der Waals surface area contributed by atoms with Crippen molar-refractivity contribution in [3.63, 3.8) is 0 Å². The summed E-state index contributed by atoms with van der Waals surface area (Å²) in [4.78, 5) is 0. The van der Waals surface area contributed by atoms with Gasteiger partial charge in [0.1, 0.15) is 13.1 Å². The molecule has 2 atom stereocenters. The molecule has 0 aromatic heterocycles. The zero-order valence-corrected chi connectivity index (χ0v) is 12.3. The highest BCUT2D eigenvalue weighted by molar-refractivity contribution is 4.54. The van der Waals surface area contributed by atoms with Gasteiger partial charge >= 0.3 is 0 Å². The SMILES string of the molecule is CCC(C)C[N+](C)(C)CC(O)C[N+](C)(C)C. The van der Waals surface area contributed by atoms with Crippen LogP contribution in [0.1, 0.15) is 20.3 Å². The lowest BCUT2D eigenvalue weighted by molar-refractivity contribution is -0.909. The van der Waals surface area contributed by atoms with Crippen LogP contribution >= 0.6 is 0 Å². The van der Waals surface area contributed by atoms with Crippen molar-refractivity contribution >= 4 is 0 Å². The average molecular weight is 232 g/mol. The summed E-state index contributed by atoms with van der Waals surface area (Å²) in [6.45, 7) is 7.33. The highest BCUT2D eigenvalue weighted by Crippen LogP contribution is 2.10. The lowest BCUT2D eigenvalue weighted by Gasteiger charge is -2.35. The minimum atomic E-state index is -0.209. The molecule has 98 valence electrons. The molecule has 0 aromatic carbocycles. The smallest absolute Gasteiger partial charge is 0.152 e. The van der Waals surface area contributed by atoms with Gasteiger partial charge in [0, 0.05) is 5.92 Å². The fraction of sp³-hybridized carbons (Fsp3) is 1.00. The van der Waals surface area contributed by atoms with Crippen molar-refractivity contribution in [2.45, 2.75) is 26.4 Å². The number of nitrogens with zero attached hydrogens (tertiary/aromatic N) is 2. The van der Waals surface area contributed by atoms with Gasteiger partial charge in [0.25, 0.3) is 0 Å². The molecule has 2 unspecified atom stereocenters. The standard InChI is InChI=1S/C13H32N2O/c1-8-12(2)9-15(6,7)11-13(16)10-14(3,4)5/h12-13,16H,8-11H2,1-7H3/q+2. The second-order valence-corrected chi connectivity index (χ2v) is 6.94. The summed E-state index contributed by atoms with van der Waals surface area (Å²) in [6.07, 6.45) is 1.01.